The van der Waals surface area contributed by atoms with E-state index in [1.807, 2.05) is 42.1 Å². The molecule has 3 aromatic rings. The number of hydrogen-bond acceptors (Lipinski definition) is 2. The molecule has 2 N–H and O–H groups in total. The number of anilines is 1. The van der Waals surface area contributed by atoms with Gasteiger partial charge in [-0.15, -0.1) is 0 Å². The van der Waals surface area contributed by atoms with Crippen LogP contribution in [-0.2, 0) is 11.8 Å². The SMILES string of the molecule is C/C(=C\c1ccc2ccn(C)c2c1)C(=O)Nc1ccccc1C(=O)O. The smallest absolute Gasteiger partial charge is 0.337 e. The Kier molecular flexibility index (Phi) is 4.39. The van der Waals surface area contributed by atoms with Crippen LogP contribution in [0, 0.1) is 0 Å². The molecule has 2 aromatic carbocycles. The number of amides is 1. The van der Waals surface area contributed by atoms with E-state index in [0.717, 1.165) is 16.5 Å². The number of carboxylic acid groups (broad SMARTS) is 1. The standard InChI is InChI=1S/C20H18N2O3/c1-13(11-14-7-8-15-9-10-22(2)18(15)12-14)19(23)21-17-6-4-3-5-16(17)20(24)25/h3-12H,1-2H3,(H,21,23)(H,24,25)/b13-11+. The lowest BCUT2D eigenvalue weighted by Gasteiger charge is -2.08. The summed E-state index contributed by atoms with van der Waals surface area (Å²) in [5.74, 6) is -1.41. The van der Waals surface area contributed by atoms with Crippen molar-refractivity contribution in [3.63, 3.8) is 0 Å². The third-order valence-corrected chi connectivity index (χ3v) is 4.06. The predicted octanol–water partition coefficient (Wildman–Crippen LogP) is 3.92. The number of aryl methyl sites for hydroxylation is 1. The Balaban J connectivity index is 1.85. The van der Waals surface area contributed by atoms with Crippen molar-refractivity contribution in [3.05, 3.63) is 71.4 Å². The largest absolute Gasteiger partial charge is 0.478 e. The highest BCUT2D eigenvalue weighted by molar-refractivity contribution is 6.09. The van der Waals surface area contributed by atoms with Crippen molar-refractivity contribution in [2.45, 2.75) is 6.92 Å². The molecule has 0 aliphatic heterocycles. The number of fused-ring (bicyclic) bond motifs is 1. The molecular formula is C20H18N2O3. The fraction of sp³-hybridized carbons (Fsp3) is 0.100. The van der Waals surface area contributed by atoms with Crippen LogP contribution in [0.15, 0.2) is 60.3 Å². The van der Waals surface area contributed by atoms with Gasteiger partial charge in [0.05, 0.1) is 11.3 Å². The van der Waals surface area contributed by atoms with Gasteiger partial charge in [0, 0.05) is 24.3 Å². The van der Waals surface area contributed by atoms with Crippen LogP contribution in [0.2, 0.25) is 0 Å². The molecule has 25 heavy (non-hydrogen) atoms. The number of benzene rings is 2. The van der Waals surface area contributed by atoms with Crippen molar-refractivity contribution in [2.75, 3.05) is 5.32 Å². The first kappa shape index (κ1) is 16.5. The van der Waals surface area contributed by atoms with Gasteiger partial charge in [-0.3, -0.25) is 4.79 Å². The van der Waals surface area contributed by atoms with Crippen LogP contribution >= 0.6 is 0 Å². The summed E-state index contributed by atoms with van der Waals surface area (Å²) in [6, 6.07) is 14.3. The van der Waals surface area contributed by atoms with Gasteiger partial charge in [-0.2, -0.15) is 0 Å². The molecule has 3 rings (SSSR count). The average Bonchev–Trinajstić information content (AvgIpc) is 2.96. The zero-order chi connectivity index (χ0) is 18.0. The molecule has 5 nitrogen and oxygen atoms in total. The van der Waals surface area contributed by atoms with Gasteiger partial charge in [0.15, 0.2) is 0 Å². The second kappa shape index (κ2) is 6.65. The van der Waals surface area contributed by atoms with E-state index in [1.165, 1.54) is 6.07 Å². The molecule has 0 bridgehead atoms. The van der Waals surface area contributed by atoms with Crippen molar-refractivity contribution >= 4 is 34.5 Å². The molecule has 0 saturated heterocycles. The summed E-state index contributed by atoms with van der Waals surface area (Å²) in [5.41, 5.74) is 2.83. The van der Waals surface area contributed by atoms with Gasteiger partial charge in [0.1, 0.15) is 0 Å². The van der Waals surface area contributed by atoms with E-state index in [2.05, 4.69) is 5.32 Å². The maximum Gasteiger partial charge on any atom is 0.337 e. The fourth-order valence-corrected chi connectivity index (χ4v) is 2.68. The van der Waals surface area contributed by atoms with Crippen LogP contribution < -0.4 is 5.32 Å². The van der Waals surface area contributed by atoms with Gasteiger partial charge in [-0.05, 0) is 48.2 Å². The van der Waals surface area contributed by atoms with Crippen molar-refractivity contribution < 1.29 is 14.7 Å². The van der Waals surface area contributed by atoms with Gasteiger partial charge in [-0.1, -0.05) is 24.3 Å². The van der Waals surface area contributed by atoms with Crippen molar-refractivity contribution in [3.8, 4) is 0 Å². The van der Waals surface area contributed by atoms with E-state index in [4.69, 9.17) is 0 Å². The maximum absolute atomic E-state index is 12.4. The zero-order valence-electron chi connectivity index (χ0n) is 14.0. The number of nitrogens with one attached hydrogen (secondary N) is 1. The Morgan fingerprint density at radius 1 is 1.12 bits per heavy atom. The minimum absolute atomic E-state index is 0.0638. The molecule has 1 heterocycles. The summed E-state index contributed by atoms with van der Waals surface area (Å²) < 4.78 is 2.02. The van der Waals surface area contributed by atoms with Crippen LogP contribution in [-0.4, -0.2) is 21.6 Å². The van der Waals surface area contributed by atoms with Crippen LogP contribution in [0.25, 0.3) is 17.0 Å². The number of carbonyl (C=O) groups excluding carboxylic acids is 1. The molecule has 0 spiro atoms. The summed E-state index contributed by atoms with van der Waals surface area (Å²) in [6.07, 6.45) is 3.77. The number of hydrogen-bond donors (Lipinski definition) is 2. The Morgan fingerprint density at radius 2 is 1.88 bits per heavy atom. The van der Waals surface area contributed by atoms with Crippen molar-refractivity contribution in [1.82, 2.24) is 4.57 Å². The highest BCUT2D eigenvalue weighted by atomic mass is 16.4. The Bertz CT molecular complexity index is 999. The van der Waals surface area contributed by atoms with Gasteiger partial charge >= 0.3 is 5.97 Å². The second-order valence-electron chi connectivity index (χ2n) is 5.88. The lowest BCUT2D eigenvalue weighted by Crippen LogP contribution is -2.15. The number of carbonyl (C=O) groups is 2. The molecule has 1 aromatic heterocycles. The summed E-state index contributed by atoms with van der Waals surface area (Å²) in [5, 5.41) is 13.0. The van der Waals surface area contributed by atoms with Gasteiger partial charge in [0.25, 0.3) is 5.91 Å². The van der Waals surface area contributed by atoms with Crippen LogP contribution in [0.5, 0.6) is 0 Å². The molecule has 0 atom stereocenters. The van der Waals surface area contributed by atoms with E-state index >= 15 is 0 Å². The third-order valence-electron chi connectivity index (χ3n) is 4.06. The van der Waals surface area contributed by atoms with Crippen molar-refractivity contribution in [2.24, 2.45) is 7.05 Å². The first-order valence-electron chi connectivity index (χ1n) is 7.83. The number of para-hydroxylation sites is 1. The third kappa shape index (κ3) is 3.45. The Morgan fingerprint density at radius 3 is 2.64 bits per heavy atom. The first-order valence-corrected chi connectivity index (χ1v) is 7.83. The highest BCUT2D eigenvalue weighted by Gasteiger charge is 2.12. The summed E-state index contributed by atoms with van der Waals surface area (Å²) in [4.78, 5) is 23.6. The van der Waals surface area contributed by atoms with E-state index in [0.29, 0.717) is 5.57 Å². The van der Waals surface area contributed by atoms with E-state index < -0.39 is 5.97 Å². The van der Waals surface area contributed by atoms with Gasteiger partial charge in [-0.25, -0.2) is 4.79 Å². The summed E-state index contributed by atoms with van der Waals surface area (Å²) in [7, 11) is 1.97. The monoisotopic (exact) mass is 334 g/mol. The number of aromatic carboxylic acids is 1. The summed E-state index contributed by atoms with van der Waals surface area (Å²) in [6.45, 7) is 1.70. The van der Waals surface area contributed by atoms with Crippen LogP contribution in [0.4, 0.5) is 5.69 Å². The Labute approximate surface area is 145 Å². The molecule has 5 heteroatoms. The van der Waals surface area contributed by atoms with Gasteiger partial charge in [0.2, 0.25) is 0 Å². The molecule has 0 radical (unpaired) electrons. The lowest BCUT2D eigenvalue weighted by molar-refractivity contribution is -0.112. The predicted molar refractivity (Wildman–Crippen MR) is 98.6 cm³/mol. The van der Waals surface area contributed by atoms with Crippen LogP contribution in [0.1, 0.15) is 22.8 Å². The topological polar surface area (TPSA) is 71.3 Å². The minimum Gasteiger partial charge on any atom is -0.478 e. The average molecular weight is 334 g/mol. The second-order valence-corrected chi connectivity index (χ2v) is 5.88. The molecule has 126 valence electrons. The van der Waals surface area contributed by atoms with Gasteiger partial charge < -0.3 is 15.0 Å². The van der Waals surface area contributed by atoms with Crippen molar-refractivity contribution in [1.29, 1.82) is 0 Å². The molecular weight excluding hydrogens is 316 g/mol. The quantitative estimate of drug-likeness (QED) is 0.710. The number of carboxylic acids is 1. The fourth-order valence-electron chi connectivity index (χ4n) is 2.68. The molecule has 0 aliphatic carbocycles. The Hall–Kier alpha value is -3.34. The van der Waals surface area contributed by atoms with E-state index in [-0.39, 0.29) is 17.2 Å². The number of nitrogens with zero attached hydrogens (tertiary/aromatic N) is 1. The minimum atomic E-state index is -1.08. The molecule has 1 amide bonds. The molecule has 0 saturated carbocycles. The normalized spacial score (nSPS) is 11.5. The highest BCUT2D eigenvalue weighted by Crippen LogP contribution is 2.20. The number of rotatable bonds is 4. The molecule has 0 aliphatic rings. The number of aromatic nitrogens is 1. The van der Waals surface area contributed by atoms with Crippen LogP contribution in [0.3, 0.4) is 0 Å². The molecule has 0 fully saturated rings. The van der Waals surface area contributed by atoms with E-state index in [1.54, 1.807) is 31.2 Å². The maximum atomic E-state index is 12.4. The van der Waals surface area contributed by atoms with E-state index in [9.17, 15) is 14.7 Å². The molecule has 0 unspecified atom stereocenters. The summed E-state index contributed by atoms with van der Waals surface area (Å²) >= 11 is 0. The lowest BCUT2D eigenvalue weighted by atomic mass is 10.1. The first-order chi connectivity index (χ1) is 12.0. The zero-order valence-corrected chi connectivity index (χ0v) is 14.0.